The monoisotopic (exact) mass is 368 g/mol. The fourth-order valence-corrected chi connectivity index (χ4v) is 8.40. The van der Waals surface area contributed by atoms with Crippen molar-refractivity contribution in [2.75, 3.05) is 0 Å². The summed E-state index contributed by atoms with van der Waals surface area (Å²) in [5.74, 6) is 7.26. The van der Waals surface area contributed by atoms with Crippen molar-refractivity contribution in [3.05, 3.63) is 70.8 Å². The van der Waals surface area contributed by atoms with Crippen LogP contribution in [0.5, 0.6) is 0 Å². The van der Waals surface area contributed by atoms with Gasteiger partial charge >= 0.3 is 0 Å². The van der Waals surface area contributed by atoms with E-state index in [1.165, 1.54) is 51.4 Å². The molecular weight excluding hydrogens is 336 g/mol. The van der Waals surface area contributed by atoms with Crippen LogP contribution in [-0.2, 0) is 0 Å². The third-order valence-electron chi connectivity index (χ3n) is 9.55. The van der Waals surface area contributed by atoms with E-state index >= 15 is 0 Å². The molecule has 0 aromatic heterocycles. The molecule has 28 heavy (non-hydrogen) atoms. The van der Waals surface area contributed by atoms with Gasteiger partial charge in [-0.25, -0.2) is 0 Å². The Morgan fingerprint density at radius 2 is 0.714 bits per heavy atom. The van der Waals surface area contributed by atoms with Gasteiger partial charge in [-0.1, -0.05) is 74.2 Å². The van der Waals surface area contributed by atoms with Gasteiger partial charge in [-0.3, -0.25) is 0 Å². The third kappa shape index (κ3) is 2.18. The Morgan fingerprint density at radius 1 is 0.429 bits per heavy atom. The quantitative estimate of drug-likeness (QED) is 0.528. The van der Waals surface area contributed by atoms with E-state index in [0.717, 1.165) is 35.5 Å². The molecule has 0 aliphatic heterocycles. The summed E-state index contributed by atoms with van der Waals surface area (Å²) in [5.41, 5.74) is 6.87. The maximum atomic E-state index is 2.51. The average Bonchev–Trinajstić information content (AvgIpc) is 3.66. The van der Waals surface area contributed by atoms with Crippen molar-refractivity contribution in [1.82, 2.24) is 0 Å². The summed E-state index contributed by atoms with van der Waals surface area (Å²) in [4.78, 5) is 0. The Hall–Kier alpha value is -1.56. The van der Waals surface area contributed by atoms with Crippen molar-refractivity contribution in [3.8, 4) is 0 Å². The first kappa shape index (κ1) is 16.3. The smallest absolute Gasteiger partial charge is 0.0129 e. The second-order valence-electron chi connectivity index (χ2n) is 10.6. The number of hydrogen-bond donors (Lipinski definition) is 0. The van der Waals surface area contributed by atoms with E-state index in [4.69, 9.17) is 0 Å². The minimum atomic E-state index is 0.678. The zero-order chi connectivity index (χ0) is 18.2. The molecule has 0 radical (unpaired) electrons. The minimum Gasteiger partial charge on any atom is -0.0620 e. The highest BCUT2D eigenvalue weighted by molar-refractivity contribution is 5.55. The van der Waals surface area contributed by atoms with Crippen LogP contribution in [0, 0.1) is 35.5 Å². The molecule has 144 valence electrons. The molecule has 4 fully saturated rings. The minimum absolute atomic E-state index is 0.678. The lowest BCUT2D eigenvalue weighted by Gasteiger charge is -2.35. The van der Waals surface area contributed by atoms with Gasteiger partial charge in [0, 0.05) is 11.8 Å². The molecule has 4 atom stereocenters. The Bertz CT molecular complexity index is 764. The molecule has 5 aliphatic carbocycles. The van der Waals surface area contributed by atoms with E-state index in [1.54, 1.807) is 22.3 Å². The van der Waals surface area contributed by atoms with Gasteiger partial charge in [0.2, 0.25) is 0 Å². The molecular formula is C28H32. The fraction of sp³-hybridized carbons (Fsp3) is 0.571. The van der Waals surface area contributed by atoms with Gasteiger partial charge in [-0.2, -0.15) is 0 Å². The van der Waals surface area contributed by atoms with E-state index in [9.17, 15) is 0 Å². The van der Waals surface area contributed by atoms with Crippen LogP contribution in [0.1, 0.15) is 85.5 Å². The van der Waals surface area contributed by atoms with Gasteiger partial charge in [0.1, 0.15) is 0 Å². The highest BCUT2D eigenvalue weighted by Gasteiger charge is 2.59. The molecule has 7 rings (SSSR count). The van der Waals surface area contributed by atoms with Crippen LogP contribution in [0.2, 0.25) is 0 Å². The molecule has 0 bridgehead atoms. The van der Waals surface area contributed by atoms with Crippen molar-refractivity contribution in [2.45, 2.75) is 63.2 Å². The molecule has 2 aromatic carbocycles. The van der Waals surface area contributed by atoms with Gasteiger partial charge in [-0.05, 0) is 83.4 Å². The first-order chi connectivity index (χ1) is 13.9. The summed E-state index contributed by atoms with van der Waals surface area (Å²) in [5, 5.41) is 0. The Morgan fingerprint density at radius 3 is 1.00 bits per heavy atom. The van der Waals surface area contributed by atoms with Crippen LogP contribution in [0.25, 0.3) is 0 Å². The van der Waals surface area contributed by atoms with Crippen molar-refractivity contribution in [1.29, 1.82) is 0 Å². The molecule has 5 aliphatic rings. The number of hydrogen-bond acceptors (Lipinski definition) is 0. The van der Waals surface area contributed by atoms with Crippen LogP contribution in [0.15, 0.2) is 48.5 Å². The molecule has 2 aromatic rings. The van der Waals surface area contributed by atoms with E-state index in [2.05, 4.69) is 48.5 Å². The zero-order valence-electron chi connectivity index (χ0n) is 16.9. The van der Waals surface area contributed by atoms with E-state index < -0.39 is 0 Å². The zero-order valence-corrected chi connectivity index (χ0v) is 16.9. The highest BCUT2D eigenvalue weighted by Crippen LogP contribution is 2.68. The predicted octanol–water partition coefficient (Wildman–Crippen LogP) is 7.14. The number of fused-ring (bicyclic) bond motifs is 4. The van der Waals surface area contributed by atoms with Gasteiger partial charge < -0.3 is 0 Å². The van der Waals surface area contributed by atoms with Gasteiger partial charge in [-0.15, -0.1) is 0 Å². The number of benzene rings is 2. The third-order valence-corrected chi connectivity index (χ3v) is 9.55. The van der Waals surface area contributed by atoms with Crippen molar-refractivity contribution in [2.24, 2.45) is 35.5 Å². The summed E-state index contributed by atoms with van der Waals surface area (Å²) in [6.07, 6.45) is 11.9. The Labute approximate surface area is 169 Å². The maximum absolute atomic E-state index is 2.51. The van der Waals surface area contributed by atoms with Gasteiger partial charge in [0.05, 0.1) is 0 Å². The van der Waals surface area contributed by atoms with E-state index in [-0.39, 0.29) is 0 Å². The lowest BCUT2D eigenvalue weighted by Crippen LogP contribution is -2.22. The van der Waals surface area contributed by atoms with Gasteiger partial charge in [0.25, 0.3) is 0 Å². The van der Waals surface area contributed by atoms with Crippen molar-refractivity contribution >= 4 is 0 Å². The van der Waals surface area contributed by atoms with Crippen LogP contribution in [0.3, 0.4) is 0 Å². The van der Waals surface area contributed by atoms with Gasteiger partial charge in [0.15, 0.2) is 0 Å². The molecule has 4 saturated carbocycles. The SMILES string of the molecule is c1ccc2c(c1)C(C1C3CCCCC31)c1ccccc1C2C1C2CCCCC21. The van der Waals surface area contributed by atoms with Crippen LogP contribution in [-0.4, -0.2) is 0 Å². The van der Waals surface area contributed by atoms with E-state index in [0.29, 0.717) is 11.8 Å². The first-order valence-electron chi connectivity index (χ1n) is 12.1. The lowest BCUT2D eigenvalue weighted by molar-refractivity contribution is 0.480. The van der Waals surface area contributed by atoms with Crippen molar-refractivity contribution in [3.63, 3.8) is 0 Å². The second kappa shape index (κ2) is 5.97. The standard InChI is InChI=1S/C28H32/c1-2-10-18-17(9-1)25(27-21-13-5-6-14-22(21)27)19-11-3-4-12-20(19)26(18)28-23-15-7-8-16-24(23)28/h1-4,9-12,21-28H,5-8,13-16H2. The van der Waals surface area contributed by atoms with E-state index in [1.807, 2.05) is 0 Å². The molecule has 0 nitrogen and oxygen atoms in total. The molecule has 4 unspecified atom stereocenters. The molecule has 0 heteroatoms. The van der Waals surface area contributed by atoms with Crippen molar-refractivity contribution < 1.29 is 0 Å². The first-order valence-corrected chi connectivity index (χ1v) is 12.1. The molecule has 0 heterocycles. The summed E-state index contributed by atoms with van der Waals surface area (Å²) in [7, 11) is 0. The average molecular weight is 369 g/mol. The molecule has 0 amide bonds. The molecule has 0 N–H and O–H groups in total. The summed E-state index contributed by atoms with van der Waals surface area (Å²) in [6, 6.07) is 19.3. The van der Waals surface area contributed by atoms with Crippen LogP contribution in [0.4, 0.5) is 0 Å². The van der Waals surface area contributed by atoms with Crippen LogP contribution >= 0.6 is 0 Å². The summed E-state index contributed by atoms with van der Waals surface area (Å²) in [6.45, 7) is 0. The normalized spacial score (nSPS) is 42.6. The fourth-order valence-electron chi connectivity index (χ4n) is 8.40. The predicted molar refractivity (Wildman–Crippen MR) is 114 cm³/mol. The highest BCUT2D eigenvalue weighted by atomic mass is 14.6. The summed E-state index contributed by atoms with van der Waals surface area (Å²) >= 11 is 0. The molecule has 0 spiro atoms. The lowest BCUT2D eigenvalue weighted by atomic mass is 9.68. The Balaban J connectivity index is 1.36. The Kier molecular flexibility index (Phi) is 3.47. The summed E-state index contributed by atoms with van der Waals surface area (Å²) < 4.78 is 0. The second-order valence-corrected chi connectivity index (χ2v) is 10.6. The largest absolute Gasteiger partial charge is 0.0620 e. The number of rotatable bonds is 2. The topological polar surface area (TPSA) is 0 Å². The molecule has 0 saturated heterocycles. The maximum Gasteiger partial charge on any atom is 0.0129 e. The van der Waals surface area contributed by atoms with Crippen LogP contribution < -0.4 is 0 Å².